The second-order valence-corrected chi connectivity index (χ2v) is 45.1. The molecule has 8 fully saturated rings. The Morgan fingerprint density at radius 1 is 0.393 bits per heavy atom. The van der Waals surface area contributed by atoms with Crippen LogP contribution in [0.15, 0.2) is 12.3 Å². The summed E-state index contributed by atoms with van der Waals surface area (Å²) in [5.74, 6) is 0.499. The lowest BCUT2D eigenvalue weighted by atomic mass is 9.82. The highest BCUT2D eigenvalue weighted by Gasteiger charge is 2.39. The van der Waals surface area contributed by atoms with Crippen molar-refractivity contribution in [3.05, 3.63) is 12.3 Å². The SMILES string of the molecule is C=C1CC(NS(=O)(=O)NC(C)C)CCN1C.CC(C)NS(=O)(=O)C1CCCCC1.CC(C)NS(=O)(=O)CC1(O)CCC1.CC(C)NS(=O)(=O)N1CCCC1.CC(C)NS(=O)(=O)N1CCCCC1.CC(C)NS(=O)(=O)N1CCCCC1.CC(C)NS(=O)(=O)N1CCNCC1.CC1CCN(S(=O)(=O)NC(C)C)CC1. The van der Waals surface area contributed by atoms with E-state index in [0.29, 0.717) is 90.6 Å². The number of aliphatic hydroxyl groups is 1. The quantitative estimate of drug-likeness (QED) is 0.0579. The smallest absolute Gasteiger partial charge is 0.279 e. The lowest BCUT2D eigenvalue weighted by Crippen LogP contribution is -2.51. The van der Waals surface area contributed by atoms with E-state index in [1.54, 1.807) is 32.0 Å². The van der Waals surface area contributed by atoms with Gasteiger partial charge in [-0.15, -0.1) is 0 Å². The fraction of sp³-hybridized carbons (Fsp3) is 0.970. The van der Waals surface area contributed by atoms with Crippen molar-refractivity contribution in [1.82, 2.24) is 74.2 Å². The van der Waals surface area contributed by atoms with Gasteiger partial charge in [-0.25, -0.2) is 26.3 Å². The summed E-state index contributed by atoms with van der Waals surface area (Å²) in [7, 11) is -23.8. The maximum Gasteiger partial charge on any atom is 0.279 e. The molecule has 2 aliphatic carbocycles. The third-order valence-corrected chi connectivity index (χ3v) is 31.6. The van der Waals surface area contributed by atoms with Gasteiger partial charge in [0.15, 0.2) is 0 Å². The zero-order valence-corrected chi connectivity index (χ0v) is 74.6. The minimum absolute atomic E-state index is 0.0180. The summed E-state index contributed by atoms with van der Waals surface area (Å²) in [6.07, 6.45) is 18.7. The molecule has 640 valence electrons. The molecule has 0 spiro atoms. The van der Waals surface area contributed by atoms with Gasteiger partial charge < -0.3 is 15.3 Å². The molecule has 0 aromatic rings. The molecular formula is C66H146N16O17S8. The van der Waals surface area contributed by atoms with Crippen LogP contribution >= 0.6 is 0 Å². The largest absolute Gasteiger partial charge is 0.389 e. The number of nitrogens with zero attached hydrogens (tertiary/aromatic N) is 6. The van der Waals surface area contributed by atoms with Gasteiger partial charge in [-0.2, -0.15) is 105 Å². The molecule has 0 aromatic heterocycles. The molecule has 1 unspecified atom stereocenters. The Bertz CT molecular complexity index is 3230. The minimum Gasteiger partial charge on any atom is -0.389 e. The van der Waals surface area contributed by atoms with Gasteiger partial charge in [0.05, 0.1) is 16.6 Å². The Labute approximate surface area is 651 Å². The van der Waals surface area contributed by atoms with Crippen molar-refractivity contribution in [2.75, 3.05) is 97.9 Å². The van der Waals surface area contributed by atoms with Gasteiger partial charge >= 0.3 is 0 Å². The fourth-order valence-corrected chi connectivity index (χ4v) is 24.3. The number of piperidine rings is 4. The van der Waals surface area contributed by atoms with E-state index < -0.39 is 86.9 Å². The molecule has 8 aliphatic rings. The van der Waals surface area contributed by atoms with Crippen molar-refractivity contribution in [1.29, 1.82) is 0 Å². The first-order valence-corrected chi connectivity index (χ1v) is 50.5. The van der Waals surface area contributed by atoms with Crippen LogP contribution in [0.4, 0.5) is 0 Å². The predicted molar refractivity (Wildman–Crippen MR) is 432 cm³/mol. The lowest BCUT2D eigenvalue weighted by Gasteiger charge is -2.36. The Kier molecular flexibility index (Phi) is 47.8. The summed E-state index contributed by atoms with van der Waals surface area (Å²) in [6.45, 7) is 44.0. The molecule has 0 amide bonds. The highest BCUT2D eigenvalue weighted by atomic mass is 32.2. The van der Waals surface area contributed by atoms with Gasteiger partial charge in [-0.3, -0.25) is 0 Å². The molecular weight excluding hydrogens is 1550 g/mol. The van der Waals surface area contributed by atoms with Crippen molar-refractivity contribution in [2.45, 2.75) is 311 Å². The first kappa shape index (κ1) is 104. The first-order chi connectivity index (χ1) is 49.2. The van der Waals surface area contributed by atoms with E-state index in [0.717, 1.165) is 128 Å². The monoisotopic (exact) mass is 1690 g/mol. The number of sulfonamides is 2. The Hall–Kier alpha value is -1.50. The third kappa shape index (κ3) is 45.4. The third-order valence-electron chi connectivity index (χ3n) is 17.2. The molecule has 6 aliphatic heterocycles. The second kappa shape index (κ2) is 49.4. The summed E-state index contributed by atoms with van der Waals surface area (Å²) >= 11 is 0. The van der Waals surface area contributed by atoms with E-state index in [1.807, 2.05) is 90.1 Å². The molecule has 0 bridgehead atoms. The number of likely N-dealkylation sites (tertiary alicyclic amines) is 1. The maximum atomic E-state index is 11.7. The number of hydrogen-bond donors (Lipinski definition) is 11. The van der Waals surface area contributed by atoms with E-state index in [1.165, 1.54) is 23.6 Å². The van der Waals surface area contributed by atoms with Crippen molar-refractivity contribution < 1.29 is 72.4 Å². The summed E-state index contributed by atoms with van der Waals surface area (Å²) < 4.78 is 216. The van der Waals surface area contributed by atoms with Crippen molar-refractivity contribution in [2.24, 2.45) is 5.92 Å². The van der Waals surface area contributed by atoms with Gasteiger partial charge in [-0.05, 0) is 207 Å². The van der Waals surface area contributed by atoms with Crippen LogP contribution in [0.5, 0.6) is 0 Å². The Balaban J connectivity index is 0.000000612. The van der Waals surface area contributed by atoms with Gasteiger partial charge in [-0.1, -0.05) is 45.6 Å². The molecule has 0 radical (unpaired) electrons. The zero-order chi connectivity index (χ0) is 82.0. The number of piperazine rings is 1. The Morgan fingerprint density at radius 2 is 0.701 bits per heavy atom. The summed E-state index contributed by atoms with van der Waals surface area (Å²) in [5, 5.41) is 12.6. The normalized spacial score (nSPS) is 21.3. The van der Waals surface area contributed by atoms with Gasteiger partial charge in [0.25, 0.3) is 61.3 Å². The molecule has 6 saturated heterocycles. The van der Waals surface area contributed by atoms with Crippen LogP contribution in [0.25, 0.3) is 0 Å². The average Bonchev–Trinajstić information content (AvgIpc) is 0.936. The zero-order valence-electron chi connectivity index (χ0n) is 68.0. The predicted octanol–water partition coefficient (Wildman–Crippen LogP) is 4.15. The van der Waals surface area contributed by atoms with Gasteiger partial charge in [0, 0.05) is 159 Å². The van der Waals surface area contributed by atoms with Crippen molar-refractivity contribution in [3.63, 3.8) is 0 Å². The highest BCUT2D eigenvalue weighted by Crippen LogP contribution is 2.33. The van der Waals surface area contributed by atoms with Crippen molar-refractivity contribution in [3.8, 4) is 0 Å². The van der Waals surface area contributed by atoms with Crippen LogP contribution in [0, 0.1) is 5.92 Å². The first-order valence-electron chi connectivity index (χ1n) is 38.7. The average molecular weight is 1690 g/mol. The van der Waals surface area contributed by atoms with Crippen molar-refractivity contribution >= 4 is 81.3 Å². The molecule has 107 heavy (non-hydrogen) atoms. The van der Waals surface area contributed by atoms with Gasteiger partial charge in [0.2, 0.25) is 20.0 Å². The second-order valence-electron chi connectivity index (χ2n) is 31.4. The fourth-order valence-electron chi connectivity index (χ4n) is 12.1. The molecule has 1 atom stereocenters. The molecule has 0 aromatic carbocycles. The standard InChI is InChI=1S/C10H21N3O2S.C9H20N2O2S.C9H19NO2S.2C8H18N2O2S.C8H17NO3S.C7H17N3O2S.C7H16N2O2S/c1-8(2)11-16(14,15)12-10-5-6-13(4)9(3)7-10;1-8(2)10-14(12,13)11-6-4-9(3)5-7-11;1-8(2)10-13(11,12)9-6-4-3-5-7-9;2*1-8(2)9-13(11,12)10-6-4-3-5-7-10;1-7(2)9-13(11,12)6-8(10)4-3-5-8;1-7(2)9-13(11,12)10-5-3-8-4-6-10;1-7(2)8-12(10,11)9-5-3-4-6-9/h8,10-12H,3,5-7H2,1-2,4H3;8-10H,4-7H2,1-3H3;8-10H,3-7H2,1-2H3;2*8-9H,3-7H2,1-2H3;7,9-10H,3-6H2,1-2H3;7-9H,3-6H2,1-2H3;7-8H,3-6H2,1-2H3. The number of nitrogens with one attached hydrogen (secondary N) is 10. The van der Waals surface area contributed by atoms with E-state index >= 15 is 0 Å². The summed E-state index contributed by atoms with van der Waals surface area (Å²) in [5.41, 5.74) is 0.0178. The molecule has 41 heteroatoms. The van der Waals surface area contributed by atoms with Crippen LogP contribution in [-0.4, -0.2) is 262 Å². The van der Waals surface area contributed by atoms with Crippen LogP contribution < -0.4 is 47.8 Å². The van der Waals surface area contributed by atoms with Crippen LogP contribution in [0.1, 0.15) is 246 Å². The molecule has 8 rings (SSSR count). The van der Waals surface area contributed by atoms with E-state index in [-0.39, 0.29) is 65.4 Å². The molecule has 6 heterocycles. The van der Waals surface area contributed by atoms with Crippen LogP contribution in [0.2, 0.25) is 0 Å². The molecule has 2 saturated carbocycles. The topological polar surface area (TPSA) is 433 Å². The van der Waals surface area contributed by atoms with E-state index in [2.05, 4.69) is 66.2 Å². The number of hydrogen-bond acceptors (Lipinski definition) is 19. The highest BCUT2D eigenvalue weighted by molar-refractivity contribution is 7.90. The summed E-state index contributed by atoms with van der Waals surface area (Å²) in [6, 6.07) is -0.346. The van der Waals surface area contributed by atoms with Crippen LogP contribution in [-0.2, 0) is 81.3 Å². The molecule has 33 nitrogen and oxygen atoms in total. The lowest BCUT2D eigenvalue weighted by molar-refractivity contribution is -0.0116. The maximum absolute atomic E-state index is 11.7. The van der Waals surface area contributed by atoms with Gasteiger partial charge in [0.1, 0.15) is 0 Å². The minimum atomic E-state index is -3.38. The summed E-state index contributed by atoms with van der Waals surface area (Å²) in [4.78, 5) is 2.06. The van der Waals surface area contributed by atoms with Crippen LogP contribution in [0.3, 0.4) is 0 Å². The Morgan fingerprint density at radius 3 is 1.01 bits per heavy atom. The molecule has 11 N–H and O–H groups in total. The van der Waals surface area contributed by atoms with E-state index in [9.17, 15) is 72.4 Å². The van der Waals surface area contributed by atoms with E-state index in [4.69, 9.17) is 0 Å². The number of rotatable bonds is 26.